The Labute approximate surface area is 129 Å². The van der Waals surface area contributed by atoms with Crippen molar-refractivity contribution in [1.82, 2.24) is 4.90 Å². The van der Waals surface area contributed by atoms with Gasteiger partial charge in [-0.25, -0.2) is 0 Å². The monoisotopic (exact) mass is 300 g/mol. The highest BCUT2D eigenvalue weighted by molar-refractivity contribution is 6.00. The second-order valence-corrected chi connectivity index (χ2v) is 6.10. The number of aryl methyl sites for hydroxylation is 3. The minimum absolute atomic E-state index is 0.156. The molecule has 1 aromatic heterocycles. The van der Waals surface area contributed by atoms with Crippen LogP contribution >= 0.6 is 0 Å². The van der Waals surface area contributed by atoms with Crippen molar-refractivity contribution in [2.45, 2.75) is 27.2 Å². The van der Waals surface area contributed by atoms with Gasteiger partial charge in [0.2, 0.25) is 5.91 Å². The Balaban J connectivity index is 1.99. The number of furan rings is 1. The highest BCUT2D eigenvalue weighted by atomic mass is 16.3. The number of likely N-dealkylation sites (tertiary alicyclic amines) is 1. The summed E-state index contributed by atoms with van der Waals surface area (Å²) in [5.74, 6) is -0.380. The summed E-state index contributed by atoms with van der Waals surface area (Å²) < 4.78 is 5.87. The topological polar surface area (TPSA) is 76.5 Å². The lowest BCUT2D eigenvalue weighted by Gasteiger charge is -2.14. The molecule has 3 rings (SSSR count). The SMILES string of the molecule is Cc1ccc(C)c2c(C)c(C(=O)N3CC[C@@H](C(N)=O)C3)oc12. The molecule has 0 radical (unpaired) electrons. The summed E-state index contributed by atoms with van der Waals surface area (Å²) >= 11 is 0. The van der Waals surface area contributed by atoms with Crippen molar-refractivity contribution >= 4 is 22.8 Å². The van der Waals surface area contributed by atoms with Crippen LogP contribution in [0.25, 0.3) is 11.0 Å². The predicted octanol–water partition coefficient (Wildman–Crippen LogP) is 2.31. The zero-order valence-corrected chi connectivity index (χ0v) is 13.1. The first-order valence-electron chi connectivity index (χ1n) is 7.48. The lowest BCUT2D eigenvalue weighted by molar-refractivity contribution is -0.121. The molecule has 2 amide bonds. The number of fused-ring (bicyclic) bond motifs is 1. The van der Waals surface area contributed by atoms with Crippen molar-refractivity contribution in [3.8, 4) is 0 Å². The normalized spacial score (nSPS) is 18.1. The molecule has 2 heterocycles. The van der Waals surface area contributed by atoms with E-state index in [4.69, 9.17) is 10.2 Å². The summed E-state index contributed by atoms with van der Waals surface area (Å²) in [7, 11) is 0. The fourth-order valence-corrected chi connectivity index (χ4v) is 3.20. The van der Waals surface area contributed by atoms with E-state index >= 15 is 0 Å². The van der Waals surface area contributed by atoms with Crippen LogP contribution in [0.2, 0.25) is 0 Å². The molecule has 1 saturated heterocycles. The van der Waals surface area contributed by atoms with Crippen LogP contribution < -0.4 is 5.73 Å². The van der Waals surface area contributed by atoms with E-state index in [9.17, 15) is 9.59 Å². The molecule has 0 aliphatic carbocycles. The van der Waals surface area contributed by atoms with Gasteiger partial charge in [-0.2, -0.15) is 0 Å². The molecule has 2 N–H and O–H groups in total. The van der Waals surface area contributed by atoms with E-state index < -0.39 is 0 Å². The van der Waals surface area contributed by atoms with Crippen molar-refractivity contribution in [1.29, 1.82) is 0 Å². The third-order valence-electron chi connectivity index (χ3n) is 4.55. The van der Waals surface area contributed by atoms with Crippen LogP contribution in [0.4, 0.5) is 0 Å². The summed E-state index contributed by atoms with van der Waals surface area (Å²) in [4.78, 5) is 25.6. The van der Waals surface area contributed by atoms with Crippen molar-refractivity contribution in [2.75, 3.05) is 13.1 Å². The lowest BCUT2D eigenvalue weighted by Crippen LogP contribution is -2.31. The van der Waals surface area contributed by atoms with Crippen LogP contribution in [0.3, 0.4) is 0 Å². The molecular formula is C17H20N2O3. The Hall–Kier alpha value is -2.30. The highest BCUT2D eigenvalue weighted by Crippen LogP contribution is 2.32. The molecule has 1 aliphatic rings. The minimum Gasteiger partial charge on any atom is -0.450 e. The zero-order chi connectivity index (χ0) is 16.0. The average molecular weight is 300 g/mol. The van der Waals surface area contributed by atoms with Crippen LogP contribution in [-0.4, -0.2) is 29.8 Å². The Morgan fingerprint density at radius 2 is 1.91 bits per heavy atom. The molecule has 1 aromatic carbocycles. The van der Waals surface area contributed by atoms with Crippen LogP contribution in [0, 0.1) is 26.7 Å². The van der Waals surface area contributed by atoms with Gasteiger partial charge in [-0.3, -0.25) is 9.59 Å². The van der Waals surface area contributed by atoms with Crippen LogP contribution in [0.1, 0.15) is 33.7 Å². The third-order valence-corrected chi connectivity index (χ3v) is 4.55. The first kappa shape index (κ1) is 14.6. The molecule has 0 saturated carbocycles. The first-order valence-corrected chi connectivity index (χ1v) is 7.48. The number of carbonyl (C=O) groups excluding carboxylic acids is 2. The first-order chi connectivity index (χ1) is 10.4. The Morgan fingerprint density at radius 1 is 1.23 bits per heavy atom. The molecule has 1 atom stereocenters. The van der Waals surface area contributed by atoms with Gasteiger partial charge in [0, 0.05) is 24.0 Å². The lowest BCUT2D eigenvalue weighted by atomic mass is 10.0. The van der Waals surface area contributed by atoms with Gasteiger partial charge < -0.3 is 15.1 Å². The maximum absolute atomic E-state index is 12.7. The van der Waals surface area contributed by atoms with E-state index in [2.05, 4.69) is 0 Å². The highest BCUT2D eigenvalue weighted by Gasteiger charge is 2.32. The quantitative estimate of drug-likeness (QED) is 0.924. The second-order valence-electron chi connectivity index (χ2n) is 6.10. The van der Waals surface area contributed by atoms with Crippen molar-refractivity contribution in [2.24, 2.45) is 11.7 Å². The molecule has 5 heteroatoms. The molecular weight excluding hydrogens is 280 g/mol. The van der Waals surface area contributed by atoms with Crippen molar-refractivity contribution in [3.63, 3.8) is 0 Å². The number of carbonyl (C=O) groups is 2. The largest absolute Gasteiger partial charge is 0.450 e. The molecule has 0 unspecified atom stereocenters. The Kier molecular flexibility index (Phi) is 3.43. The van der Waals surface area contributed by atoms with Gasteiger partial charge in [0.05, 0.1) is 5.92 Å². The number of rotatable bonds is 2. The van der Waals surface area contributed by atoms with E-state index in [0.29, 0.717) is 25.3 Å². The summed E-state index contributed by atoms with van der Waals surface area (Å²) in [6.07, 6.45) is 0.623. The fraction of sp³-hybridized carbons (Fsp3) is 0.412. The predicted molar refractivity (Wildman–Crippen MR) is 83.6 cm³/mol. The molecule has 0 spiro atoms. The number of primary amides is 1. The zero-order valence-electron chi connectivity index (χ0n) is 13.1. The molecule has 2 aromatic rings. The maximum atomic E-state index is 12.7. The number of benzene rings is 1. The summed E-state index contributed by atoms with van der Waals surface area (Å²) in [6.45, 7) is 6.81. The van der Waals surface area contributed by atoms with E-state index in [1.165, 1.54) is 0 Å². The fourth-order valence-electron chi connectivity index (χ4n) is 3.20. The molecule has 0 bridgehead atoms. The van der Waals surface area contributed by atoms with E-state index in [-0.39, 0.29) is 17.7 Å². The Bertz CT molecular complexity index is 776. The summed E-state index contributed by atoms with van der Waals surface area (Å²) in [6, 6.07) is 4.03. The number of hydrogen-bond acceptors (Lipinski definition) is 3. The molecule has 22 heavy (non-hydrogen) atoms. The average Bonchev–Trinajstić information content (AvgIpc) is 3.08. The van der Waals surface area contributed by atoms with E-state index in [0.717, 1.165) is 27.7 Å². The molecule has 1 aliphatic heterocycles. The smallest absolute Gasteiger partial charge is 0.289 e. The van der Waals surface area contributed by atoms with Gasteiger partial charge in [-0.05, 0) is 38.3 Å². The summed E-state index contributed by atoms with van der Waals surface area (Å²) in [5.41, 5.74) is 9.07. The minimum atomic E-state index is -0.344. The number of nitrogens with zero attached hydrogens (tertiary/aromatic N) is 1. The van der Waals surface area contributed by atoms with Crippen LogP contribution in [-0.2, 0) is 4.79 Å². The maximum Gasteiger partial charge on any atom is 0.289 e. The molecule has 1 fully saturated rings. The van der Waals surface area contributed by atoms with Gasteiger partial charge in [0.15, 0.2) is 5.76 Å². The van der Waals surface area contributed by atoms with Gasteiger partial charge in [0.1, 0.15) is 5.58 Å². The van der Waals surface area contributed by atoms with Crippen LogP contribution in [0.5, 0.6) is 0 Å². The van der Waals surface area contributed by atoms with Gasteiger partial charge in [-0.15, -0.1) is 0 Å². The van der Waals surface area contributed by atoms with Gasteiger partial charge in [-0.1, -0.05) is 12.1 Å². The number of hydrogen-bond donors (Lipinski definition) is 1. The molecule has 5 nitrogen and oxygen atoms in total. The van der Waals surface area contributed by atoms with Gasteiger partial charge >= 0.3 is 0 Å². The third kappa shape index (κ3) is 2.17. The number of nitrogens with two attached hydrogens (primary N) is 1. The van der Waals surface area contributed by atoms with E-state index in [1.54, 1.807) is 4.90 Å². The van der Waals surface area contributed by atoms with Gasteiger partial charge in [0.25, 0.3) is 5.91 Å². The van der Waals surface area contributed by atoms with Crippen molar-refractivity contribution in [3.05, 3.63) is 34.6 Å². The Morgan fingerprint density at radius 3 is 2.50 bits per heavy atom. The number of amides is 2. The van der Waals surface area contributed by atoms with Crippen molar-refractivity contribution < 1.29 is 14.0 Å². The van der Waals surface area contributed by atoms with E-state index in [1.807, 2.05) is 32.9 Å². The molecule has 116 valence electrons. The standard InChI is InChI=1S/C17H20N2O3/c1-9-4-5-10(2)14-13(9)11(3)15(22-14)17(21)19-7-6-12(8-19)16(18)20/h4-5,12H,6-8H2,1-3H3,(H2,18,20)/t12-/m1/s1. The second kappa shape index (κ2) is 5.16. The summed E-state index contributed by atoms with van der Waals surface area (Å²) in [5, 5.41) is 1.01. The van der Waals surface area contributed by atoms with Crippen LogP contribution in [0.15, 0.2) is 16.5 Å².